The second-order valence-corrected chi connectivity index (χ2v) is 3.72. The Morgan fingerprint density at radius 3 is 2.36 bits per heavy atom. The highest BCUT2D eigenvalue weighted by Gasteiger charge is 2.22. The fourth-order valence-corrected chi connectivity index (χ4v) is 1.70. The van der Waals surface area contributed by atoms with Crippen molar-refractivity contribution in [3.05, 3.63) is 12.2 Å². The molecular formula is C10H18O. The fraction of sp³-hybridized carbons (Fsp3) is 0.800. The van der Waals surface area contributed by atoms with Crippen LogP contribution in [0.4, 0.5) is 0 Å². The first-order valence-corrected chi connectivity index (χ1v) is 4.51. The summed E-state index contributed by atoms with van der Waals surface area (Å²) in [5.74, 6) is 1.91. The summed E-state index contributed by atoms with van der Waals surface area (Å²) in [5, 5.41) is 8.95. The van der Waals surface area contributed by atoms with Crippen molar-refractivity contribution in [1.82, 2.24) is 0 Å². The molecule has 0 aromatic rings. The molecule has 2 atom stereocenters. The van der Waals surface area contributed by atoms with E-state index in [1.54, 1.807) is 0 Å². The zero-order valence-electron chi connectivity index (χ0n) is 7.46. The average Bonchev–Trinajstić information content (AvgIpc) is 2.53. The normalized spacial score (nSPS) is 23.9. The van der Waals surface area contributed by atoms with Crippen molar-refractivity contribution >= 4 is 0 Å². The highest BCUT2D eigenvalue weighted by molar-refractivity contribution is 4.96. The Morgan fingerprint density at radius 1 is 1.36 bits per heavy atom. The molecule has 0 bridgehead atoms. The van der Waals surface area contributed by atoms with Gasteiger partial charge in [0.25, 0.3) is 0 Å². The largest absolute Gasteiger partial charge is 0.396 e. The van der Waals surface area contributed by atoms with Crippen molar-refractivity contribution < 1.29 is 5.11 Å². The monoisotopic (exact) mass is 154 g/mol. The molecule has 1 N–H and O–H groups in total. The number of rotatable bonds is 3. The van der Waals surface area contributed by atoms with Crippen LogP contribution < -0.4 is 0 Å². The van der Waals surface area contributed by atoms with Gasteiger partial charge in [-0.3, -0.25) is 0 Å². The first-order chi connectivity index (χ1) is 5.25. The summed E-state index contributed by atoms with van der Waals surface area (Å²) in [5.41, 5.74) is 0. The maximum Gasteiger partial charge on any atom is 0.0459 e. The third-order valence-corrected chi connectivity index (χ3v) is 2.97. The number of aliphatic hydroxyl groups is 1. The van der Waals surface area contributed by atoms with Gasteiger partial charge in [-0.05, 0) is 30.6 Å². The maximum absolute atomic E-state index is 8.95. The lowest BCUT2D eigenvalue weighted by atomic mass is 9.83. The first kappa shape index (κ1) is 8.79. The van der Waals surface area contributed by atoms with E-state index >= 15 is 0 Å². The Bertz CT molecular complexity index is 132. The molecule has 11 heavy (non-hydrogen) atoms. The van der Waals surface area contributed by atoms with E-state index in [1.807, 2.05) is 0 Å². The lowest BCUT2D eigenvalue weighted by molar-refractivity contribution is 0.162. The molecule has 1 aliphatic carbocycles. The van der Waals surface area contributed by atoms with Gasteiger partial charge in [0.1, 0.15) is 0 Å². The zero-order valence-corrected chi connectivity index (χ0v) is 7.46. The van der Waals surface area contributed by atoms with Crippen LogP contribution in [0, 0.1) is 17.8 Å². The van der Waals surface area contributed by atoms with Crippen LogP contribution in [-0.2, 0) is 0 Å². The van der Waals surface area contributed by atoms with Crippen molar-refractivity contribution in [2.45, 2.75) is 26.7 Å². The fourth-order valence-electron chi connectivity index (χ4n) is 1.70. The predicted molar refractivity (Wildman–Crippen MR) is 47.3 cm³/mol. The Morgan fingerprint density at radius 2 is 1.91 bits per heavy atom. The third kappa shape index (κ3) is 2.06. The van der Waals surface area contributed by atoms with Crippen molar-refractivity contribution in [1.29, 1.82) is 0 Å². The molecular weight excluding hydrogens is 136 g/mol. The molecule has 0 radical (unpaired) electrons. The summed E-state index contributed by atoms with van der Waals surface area (Å²) in [4.78, 5) is 0. The second kappa shape index (κ2) is 3.91. The number of hydrogen-bond donors (Lipinski definition) is 1. The number of allylic oxidation sites excluding steroid dienone is 2. The SMILES string of the molecule is CC(CO)C(C)C1CC=CC1. The predicted octanol–water partition coefficient (Wildman–Crippen LogP) is 2.22. The topological polar surface area (TPSA) is 20.2 Å². The molecule has 64 valence electrons. The number of hydrogen-bond acceptors (Lipinski definition) is 1. The van der Waals surface area contributed by atoms with Crippen molar-refractivity contribution in [2.24, 2.45) is 17.8 Å². The minimum atomic E-state index is 0.331. The van der Waals surface area contributed by atoms with Crippen LogP contribution in [0.3, 0.4) is 0 Å². The molecule has 0 saturated heterocycles. The van der Waals surface area contributed by atoms with Gasteiger partial charge in [-0.25, -0.2) is 0 Å². The molecule has 1 rings (SSSR count). The van der Waals surface area contributed by atoms with Crippen LogP contribution in [0.5, 0.6) is 0 Å². The minimum Gasteiger partial charge on any atom is -0.396 e. The van der Waals surface area contributed by atoms with E-state index in [2.05, 4.69) is 26.0 Å². The lowest BCUT2D eigenvalue weighted by Crippen LogP contribution is -2.19. The molecule has 1 aliphatic rings. The minimum absolute atomic E-state index is 0.331. The average molecular weight is 154 g/mol. The van der Waals surface area contributed by atoms with E-state index in [0.717, 1.165) is 5.92 Å². The molecule has 1 nitrogen and oxygen atoms in total. The van der Waals surface area contributed by atoms with Crippen LogP contribution in [0.25, 0.3) is 0 Å². The highest BCUT2D eigenvalue weighted by atomic mass is 16.3. The summed E-state index contributed by atoms with van der Waals surface area (Å²) in [6.07, 6.45) is 6.94. The first-order valence-electron chi connectivity index (χ1n) is 4.51. The van der Waals surface area contributed by atoms with Gasteiger partial charge in [-0.1, -0.05) is 26.0 Å². The van der Waals surface area contributed by atoms with Gasteiger partial charge in [0.2, 0.25) is 0 Å². The van der Waals surface area contributed by atoms with Gasteiger partial charge in [-0.2, -0.15) is 0 Å². The molecule has 1 heteroatoms. The summed E-state index contributed by atoms with van der Waals surface area (Å²) in [7, 11) is 0. The highest BCUT2D eigenvalue weighted by Crippen LogP contribution is 2.30. The Kier molecular flexibility index (Phi) is 3.13. The van der Waals surface area contributed by atoms with E-state index in [0.29, 0.717) is 18.4 Å². The van der Waals surface area contributed by atoms with Crippen LogP contribution >= 0.6 is 0 Å². The Labute approximate surface area is 69.1 Å². The molecule has 0 fully saturated rings. The molecule has 0 spiro atoms. The zero-order chi connectivity index (χ0) is 8.27. The molecule has 0 heterocycles. The van der Waals surface area contributed by atoms with Gasteiger partial charge in [-0.15, -0.1) is 0 Å². The lowest BCUT2D eigenvalue weighted by Gasteiger charge is -2.23. The Balaban J connectivity index is 2.34. The molecule has 2 unspecified atom stereocenters. The van der Waals surface area contributed by atoms with Gasteiger partial charge < -0.3 is 5.11 Å². The van der Waals surface area contributed by atoms with Gasteiger partial charge in [0.15, 0.2) is 0 Å². The molecule has 0 aromatic carbocycles. The van der Waals surface area contributed by atoms with Crippen molar-refractivity contribution in [3.63, 3.8) is 0 Å². The van der Waals surface area contributed by atoms with Gasteiger partial charge in [0.05, 0.1) is 0 Å². The molecule has 0 saturated carbocycles. The van der Waals surface area contributed by atoms with Crippen molar-refractivity contribution in [2.75, 3.05) is 6.61 Å². The van der Waals surface area contributed by atoms with E-state index < -0.39 is 0 Å². The second-order valence-electron chi connectivity index (χ2n) is 3.72. The molecule has 0 amide bonds. The summed E-state index contributed by atoms with van der Waals surface area (Å²) < 4.78 is 0. The third-order valence-electron chi connectivity index (χ3n) is 2.97. The van der Waals surface area contributed by atoms with E-state index in [9.17, 15) is 0 Å². The van der Waals surface area contributed by atoms with Crippen LogP contribution in [-0.4, -0.2) is 11.7 Å². The number of aliphatic hydroxyl groups excluding tert-OH is 1. The van der Waals surface area contributed by atoms with Gasteiger partial charge >= 0.3 is 0 Å². The molecule has 0 aromatic heterocycles. The van der Waals surface area contributed by atoms with Crippen LogP contribution in [0.1, 0.15) is 26.7 Å². The van der Waals surface area contributed by atoms with Crippen LogP contribution in [0.15, 0.2) is 12.2 Å². The summed E-state index contributed by atoms with van der Waals surface area (Å²) in [6.45, 7) is 4.71. The molecule has 0 aliphatic heterocycles. The van der Waals surface area contributed by atoms with E-state index in [1.165, 1.54) is 12.8 Å². The standard InChI is InChI=1S/C10H18O/c1-8(7-11)9(2)10-5-3-4-6-10/h3-4,8-11H,5-7H2,1-2H3. The smallest absolute Gasteiger partial charge is 0.0459 e. The van der Waals surface area contributed by atoms with E-state index in [4.69, 9.17) is 5.11 Å². The summed E-state index contributed by atoms with van der Waals surface area (Å²) in [6, 6.07) is 0. The van der Waals surface area contributed by atoms with E-state index in [-0.39, 0.29) is 0 Å². The Hall–Kier alpha value is -0.300. The van der Waals surface area contributed by atoms with Crippen LogP contribution in [0.2, 0.25) is 0 Å². The quantitative estimate of drug-likeness (QED) is 0.618. The van der Waals surface area contributed by atoms with Crippen molar-refractivity contribution in [3.8, 4) is 0 Å². The maximum atomic E-state index is 8.95. The van der Waals surface area contributed by atoms with Gasteiger partial charge in [0, 0.05) is 6.61 Å². The summed E-state index contributed by atoms with van der Waals surface area (Å²) >= 11 is 0.